The van der Waals surface area contributed by atoms with Crippen LogP contribution in [0.2, 0.25) is 0 Å². The van der Waals surface area contributed by atoms with Gasteiger partial charge in [-0.15, -0.1) is 5.10 Å². The smallest absolute Gasteiger partial charge is 0.437 e. The highest BCUT2D eigenvalue weighted by atomic mass is 16.5. The SMILES string of the molecule is C[C@H](OC(=O)Cn1nc(-c2ccccc2)oc1=O)C(=O)N1CCc2ccccc2C1. The molecule has 1 aliphatic heterocycles. The maximum Gasteiger partial charge on any atom is 0.437 e. The predicted molar refractivity (Wildman–Crippen MR) is 107 cm³/mol. The molecule has 0 spiro atoms. The van der Waals surface area contributed by atoms with E-state index in [0.717, 1.165) is 16.7 Å². The van der Waals surface area contributed by atoms with Crippen molar-refractivity contribution in [2.45, 2.75) is 32.5 Å². The molecule has 2 heterocycles. The summed E-state index contributed by atoms with van der Waals surface area (Å²) in [5.74, 6) is -1.65. The lowest BCUT2D eigenvalue weighted by atomic mass is 9.99. The molecule has 1 amide bonds. The van der Waals surface area contributed by atoms with Gasteiger partial charge in [0.15, 0.2) is 6.10 Å². The van der Waals surface area contributed by atoms with Crippen molar-refractivity contribution in [2.24, 2.45) is 0 Å². The second-order valence-electron chi connectivity index (χ2n) is 7.11. The standard InChI is InChI=1S/C22H21N3O5/c1-15(21(27)24-12-11-16-7-5-6-10-18(16)13-24)29-19(26)14-25-22(28)30-20(23-25)17-8-3-2-4-9-17/h2-10,15H,11-14H2,1H3/t15-/m0/s1. The van der Waals surface area contributed by atoms with Gasteiger partial charge in [-0.25, -0.2) is 4.79 Å². The molecule has 1 atom stereocenters. The van der Waals surface area contributed by atoms with Gasteiger partial charge < -0.3 is 14.1 Å². The molecule has 1 aromatic heterocycles. The number of rotatable bonds is 5. The van der Waals surface area contributed by atoms with Crippen LogP contribution in [-0.4, -0.2) is 39.2 Å². The quantitative estimate of drug-likeness (QED) is 0.601. The normalized spacial score (nSPS) is 14.1. The molecule has 8 nitrogen and oxygen atoms in total. The Morgan fingerprint density at radius 3 is 2.57 bits per heavy atom. The van der Waals surface area contributed by atoms with Gasteiger partial charge in [0.05, 0.1) is 0 Å². The molecule has 2 aromatic carbocycles. The summed E-state index contributed by atoms with van der Waals surface area (Å²) in [7, 11) is 0. The van der Waals surface area contributed by atoms with Crippen LogP contribution in [0.5, 0.6) is 0 Å². The van der Waals surface area contributed by atoms with Crippen molar-refractivity contribution in [1.29, 1.82) is 0 Å². The maximum absolute atomic E-state index is 12.7. The molecule has 3 aromatic rings. The summed E-state index contributed by atoms with van der Waals surface area (Å²) in [5, 5.41) is 4.03. The molecule has 0 bridgehead atoms. The first-order valence-electron chi connectivity index (χ1n) is 9.69. The summed E-state index contributed by atoms with van der Waals surface area (Å²) >= 11 is 0. The first-order chi connectivity index (χ1) is 14.5. The molecule has 154 valence electrons. The summed E-state index contributed by atoms with van der Waals surface area (Å²) in [6.45, 7) is 2.15. The van der Waals surface area contributed by atoms with E-state index >= 15 is 0 Å². The highest BCUT2D eigenvalue weighted by Gasteiger charge is 2.27. The summed E-state index contributed by atoms with van der Waals surface area (Å²) in [5.41, 5.74) is 2.94. The van der Waals surface area contributed by atoms with Crippen LogP contribution in [0.25, 0.3) is 11.5 Å². The number of carbonyl (C=O) groups excluding carboxylic acids is 2. The topological polar surface area (TPSA) is 94.6 Å². The van der Waals surface area contributed by atoms with Crippen LogP contribution < -0.4 is 5.76 Å². The number of hydrogen-bond acceptors (Lipinski definition) is 6. The fourth-order valence-corrected chi connectivity index (χ4v) is 3.45. The predicted octanol–water partition coefficient (Wildman–Crippen LogP) is 2.02. The van der Waals surface area contributed by atoms with Crippen LogP contribution in [0.4, 0.5) is 0 Å². The van der Waals surface area contributed by atoms with Crippen molar-refractivity contribution in [3.8, 4) is 11.5 Å². The van der Waals surface area contributed by atoms with Gasteiger partial charge in [-0.05, 0) is 36.6 Å². The van der Waals surface area contributed by atoms with Gasteiger partial charge in [-0.3, -0.25) is 9.59 Å². The lowest BCUT2D eigenvalue weighted by Crippen LogP contribution is -2.43. The zero-order chi connectivity index (χ0) is 21.1. The molecule has 4 rings (SSSR count). The monoisotopic (exact) mass is 407 g/mol. The number of esters is 1. The number of carbonyl (C=O) groups is 2. The number of fused-ring (bicyclic) bond motifs is 1. The molecule has 0 N–H and O–H groups in total. The highest BCUT2D eigenvalue weighted by molar-refractivity contribution is 5.83. The zero-order valence-electron chi connectivity index (χ0n) is 16.5. The van der Waals surface area contributed by atoms with Crippen molar-refractivity contribution in [3.63, 3.8) is 0 Å². The number of hydrogen-bond donors (Lipinski definition) is 0. The minimum Gasteiger partial charge on any atom is -0.451 e. The molecular weight excluding hydrogens is 386 g/mol. The number of amides is 1. The third kappa shape index (κ3) is 4.17. The Morgan fingerprint density at radius 2 is 1.80 bits per heavy atom. The summed E-state index contributed by atoms with van der Waals surface area (Å²) in [6.07, 6.45) is -0.196. The molecule has 0 saturated carbocycles. The molecule has 0 unspecified atom stereocenters. The Balaban J connectivity index is 1.37. The molecular formula is C22H21N3O5. The van der Waals surface area contributed by atoms with Gasteiger partial charge in [0, 0.05) is 18.7 Å². The fraction of sp³-hybridized carbons (Fsp3) is 0.273. The molecule has 0 aliphatic carbocycles. The third-order valence-electron chi connectivity index (χ3n) is 5.00. The molecule has 0 radical (unpaired) electrons. The van der Waals surface area contributed by atoms with Gasteiger partial charge in [0.1, 0.15) is 6.54 Å². The van der Waals surface area contributed by atoms with E-state index in [2.05, 4.69) is 11.2 Å². The van der Waals surface area contributed by atoms with Gasteiger partial charge in [-0.2, -0.15) is 4.68 Å². The largest absolute Gasteiger partial charge is 0.451 e. The van der Waals surface area contributed by atoms with Crippen LogP contribution in [0.3, 0.4) is 0 Å². The molecule has 8 heteroatoms. The van der Waals surface area contributed by atoms with E-state index in [-0.39, 0.29) is 11.8 Å². The Hall–Kier alpha value is -3.68. The Kier molecular flexibility index (Phi) is 5.47. The van der Waals surface area contributed by atoms with E-state index in [1.165, 1.54) is 12.5 Å². The van der Waals surface area contributed by atoms with Crippen molar-refractivity contribution in [2.75, 3.05) is 6.54 Å². The summed E-state index contributed by atoms with van der Waals surface area (Å²) in [6, 6.07) is 16.9. The van der Waals surface area contributed by atoms with Crippen molar-refractivity contribution in [3.05, 3.63) is 76.3 Å². The third-order valence-corrected chi connectivity index (χ3v) is 5.00. The Morgan fingerprint density at radius 1 is 1.10 bits per heavy atom. The molecule has 0 fully saturated rings. The Bertz CT molecular complexity index is 1120. The number of benzene rings is 2. The van der Waals surface area contributed by atoms with Gasteiger partial charge >= 0.3 is 11.7 Å². The van der Waals surface area contributed by atoms with E-state index in [1.807, 2.05) is 24.3 Å². The van der Waals surface area contributed by atoms with E-state index in [0.29, 0.717) is 18.7 Å². The van der Waals surface area contributed by atoms with Crippen LogP contribution in [0.1, 0.15) is 18.1 Å². The number of nitrogens with zero attached hydrogens (tertiary/aromatic N) is 3. The van der Waals surface area contributed by atoms with Crippen LogP contribution in [0.15, 0.2) is 63.8 Å². The van der Waals surface area contributed by atoms with Gasteiger partial charge in [0.25, 0.3) is 5.91 Å². The van der Waals surface area contributed by atoms with Crippen molar-refractivity contribution >= 4 is 11.9 Å². The molecule has 0 saturated heterocycles. The van der Waals surface area contributed by atoms with Gasteiger partial charge in [-0.1, -0.05) is 42.5 Å². The summed E-state index contributed by atoms with van der Waals surface area (Å²) in [4.78, 5) is 38.6. The number of ether oxygens (including phenoxy) is 1. The first-order valence-corrected chi connectivity index (χ1v) is 9.69. The highest BCUT2D eigenvalue weighted by Crippen LogP contribution is 2.19. The lowest BCUT2D eigenvalue weighted by Gasteiger charge is -2.30. The van der Waals surface area contributed by atoms with Crippen LogP contribution >= 0.6 is 0 Å². The molecule has 1 aliphatic rings. The van der Waals surface area contributed by atoms with Crippen LogP contribution in [0, 0.1) is 0 Å². The average molecular weight is 407 g/mol. The molecule has 30 heavy (non-hydrogen) atoms. The summed E-state index contributed by atoms with van der Waals surface area (Å²) < 4.78 is 11.2. The number of aromatic nitrogens is 2. The Labute approximate surface area is 172 Å². The van der Waals surface area contributed by atoms with Crippen LogP contribution in [-0.2, 0) is 33.8 Å². The van der Waals surface area contributed by atoms with E-state index in [1.54, 1.807) is 29.2 Å². The maximum atomic E-state index is 12.7. The second kappa shape index (κ2) is 8.36. The zero-order valence-corrected chi connectivity index (χ0v) is 16.5. The minimum absolute atomic E-state index is 0.115. The fourth-order valence-electron chi connectivity index (χ4n) is 3.45. The van der Waals surface area contributed by atoms with E-state index in [4.69, 9.17) is 9.15 Å². The average Bonchev–Trinajstić information content (AvgIpc) is 3.13. The minimum atomic E-state index is -0.959. The first kappa shape index (κ1) is 19.6. The van der Waals surface area contributed by atoms with E-state index < -0.39 is 24.4 Å². The van der Waals surface area contributed by atoms with E-state index in [9.17, 15) is 14.4 Å². The van der Waals surface area contributed by atoms with Gasteiger partial charge in [0.2, 0.25) is 5.89 Å². The van der Waals surface area contributed by atoms with Crippen molar-refractivity contribution < 1.29 is 18.7 Å². The lowest BCUT2D eigenvalue weighted by molar-refractivity contribution is -0.160. The second-order valence-corrected chi connectivity index (χ2v) is 7.11. The van der Waals surface area contributed by atoms with Crippen molar-refractivity contribution in [1.82, 2.24) is 14.7 Å².